The number of hydrogen-bond acceptors (Lipinski definition) is 8. The molecule has 0 saturated carbocycles. The molecule has 0 atom stereocenters. The van der Waals surface area contributed by atoms with E-state index in [-0.39, 0.29) is 0 Å². The lowest BCUT2D eigenvalue weighted by Gasteiger charge is -2.10. The number of rotatable bonds is 13. The molecule has 0 aliphatic rings. The van der Waals surface area contributed by atoms with Crippen molar-refractivity contribution in [3.8, 4) is 0 Å². The Kier molecular flexibility index (Phi) is 9.97. The molecule has 1 aromatic heterocycles. The Morgan fingerprint density at radius 2 is 2.08 bits per heavy atom. The lowest BCUT2D eigenvalue weighted by Crippen LogP contribution is -2.31. The highest BCUT2D eigenvalue weighted by Gasteiger charge is 2.04. The van der Waals surface area contributed by atoms with Gasteiger partial charge in [-0.3, -0.25) is 10.1 Å². The first-order chi connectivity index (χ1) is 11.5. The number of furan rings is 1. The molecule has 9 heteroatoms. The Hall–Kier alpha value is -1.71. The van der Waals surface area contributed by atoms with E-state index < -0.39 is 4.92 Å². The summed E-state index contributed by atoms with van der Waals surface area (Å²) in [6, 6.07) is 3.98. The van der Waals surface area contributed by atoms with Crippen molar-refractivity contribution >= 4 is 11.8 Å². The highest BCUT2D eigenvalue weighted by atomic mass is 32.2. The summed E-state index contributed by atoms with van der Waals surface area (Å²) in [5.74, 6) is 3.87. The van der Waals surface area contributed by atoms with Crippen LogP contribution in [0.15, 0.2) is 28.6 Å². The van der Waals surface area contributed by atoms with Crippen LogP contribution in [-0.2, 0) is 17.0 Å². The normalized spacial score (nSPS) is 11.8. The van der Waals surface area contributed by atoms with Crippen molar-refractivity contribution in [3.05, 3.63) is 45.8 Å². The molecule has 8 nitrogen and oxygen atoms in total. The van der Waals surface area contributed by atoms with Gasteiger partial charge in [0.2, 0.25) is 0 Å². The lowest BCUT2D eigenvalue weighted by molar-refractivity contribution is -0.404. The van der Waals surface area contributed by atoms with E-state index >= 15 is 0 Å². The van der Waals surface area contributed by atoms with Crippen LogP contribution in [0.25, 0.3) is 0 Å². The molecule has 2 N–H and O–H groups in total. The molecule has 1 aromatic rings. The fourth-order valence-electron chi connectivity index (χ4n) is 1.87. The first kappa shape index (κ1) is 20.3. The fraction of sp³-hybridized carbons (Fsp3) is 0.600. The van der Waals surface area contributed by atoms with Gasteiger partial charge in [0, 0.05) is 26.0 Å². The molecule has 0 amide bonds. The Labute approximate surface area is 146 Å². The van der Waals surface area contributed by atoms with Gasteiger partial charge in [-0.1, -0.05) is 0 Å². The summed E-state index contributed by atoms with van der Waals surface area (Å²) >= 11 is 1.71. The highest BCUT2D eigenvalue weighted by molar-refractivity contribution is 7.98. The van der Waals surface area contributed by atoms with Gasteiger partial charge >= 0.3 is 0 Å². The van der Waals surface area contributed by atoms with Crippen molar-refractivity contribution in [1.82, 2.24) is 15.5 Å². The minimum absolute atomic E-state index is 0.393. The molecule has 0 bridgehead atoms. The van der Waals surface area contributed by atoms with Crippen LogP contribution in [0.2, 0.25) is 0 Å². The van der Waals surface area contributed by atoms with Gasteiger partial charge in [0.15, 0.2) is 5.82 Å². The summed E-state index contributed by atoms with van der Waals surface area (Å²) in [6.07, 6.45) is 0.931. The Balaban J connectivity index is 2.25. The molecule has 0 saturated heterocycles. The number of thioether (sulfide) groups is 1. The molecule has 0 spiro atoms. The predicted molar refractivity (Wildman–Crippen MR) is 95.2 cm³/mol. The summed E-state index contributed by atoms with van der Waals surface area (Å²) < 4.78 is 10.6. The molecule has 1 rings (SSSR count). The number of hydrogen-bond donors (Lipinski definition) is 2. The third-order valence-electron chi connectivity index (χ3n) is 2.85. The number of nitrogens with zero attached hydrogens (tertiary/aromatic N) is 2. The second-order valence-electron chi connectivity index (χ2n) is 5.33. The van der Waals surface area contributed by atoms with Crippen LogP contribution in [0.4, 0.5) is 0 Å². The van der Waals surface area contributed by atoms with Crippen LogP contribution in [0.1, 0.15) is 11.5 Å². The van der Waals surface area contributed by atoms with Crippen LogP contribution in [0, 0.1) is 10.1 Å². The monoisotopic (exact) mass is 358 g/mol. The van der Waals surface area contributed by atoms with Crippen molar-refractivity contribution in [2.75, 3.05) is 46.7 Å². The molecular formula is C15H26N4O4S. The lowest BCUT2D eigenvalue weighted by atomic mass is 10.4. The van der Waals surface area contributed by atoms with Crippen molar-refractivity contribution in [3.63, 3.8) is 0 Å². The van der Waals surface area contributed by atoms with Gasteiger partial charge in [-0.15, -0.1) is 0 Å². The average molecular weight is 358 g/mol. The topological polar surface area (TPSA) is 92.8 Å². The van der Waals surface area contributed by atoms with Crippen molar-refractivity contribution in [2.45, 2.75) is 12.3 Å². The van der Waals surface area contributed by atoms with E-state index in [9.17, 15) is 10.1 Å². The third-order valence-corrected chi connectivity index (χ3v) is 3.83. The summed E-state index contributed by atoms with van der Waals surface area (Å²) in [5, 5.41) is 16.5. The maximum Gasteiger partial charge on any atom is 0.274 e. The van der Waals surface area contributed by atoms with E-state index in [0.29, 0.717) is 25.5 Å². The maximum absolute atomic E-state index is 10.6. The van der Waals surface area contributed by atoms with Gasteiger partial charge < -0.3 is 24.7 Å². The zero-order valence-corrected chi connectivity index (χ0v) is 15.2. The van der Waals surface area contributed by atoms with Gasteiger partial charge in [0.05, 0.1) is 23.8 Å². The predicted octanol–water partition coefficient (Wildman–Crippen LogP) is 1.48. The minimum atomic E-state index is -0.482. The SMILES string of the molecule is COCCN/C(=C\[N+](=O)[O-])NCCSCc1ccc(CN(C)C)o1. The summed E-state index contributed by atoms with van der Waals surface area (Å²) in [7, 11) is 5.58. The second kappa shape index (κ2) is 11.8. The summed E-state index contributed by atoms with van der Waals surface area (Å²) in [6.45, 7) is 2.40. The van der Waals surface area contributed by atoms with Crippen LogP contribution in [0.3, 0.4) is 0 Å². The quantitative estimate of drug-likeness (QED) is 0.311. The molecule has 0 aliphatic carbocycles. The molecule has 24 heavy (non-hydrogen) atoms. The van der Waals surface area contributed by atoms with E-state index in [1.165, 1.54) is 0 Å². The van der Waals surface area contributed by atoms with Crippen molar-refractivity contribution in [2.24, 2.45) is 0 Å². The van der Waals surface area contributed by atoms with Crippen molar-refractivity contribution < 1.29 is 14.1 Å². The zero-order valence-electron chi connectivity index (χ0n) is 14.4. The first-order valence-electron chi connectivity index (χ1n) is 7.63. The van der Waals surface area contributed by atoms with E-state index in [1.54, 1.807) is 18.9 Å². The smallest absolute Gasteiger partial charge is 0.274 e. The van der Waals surface area contributed by atoms with Gasteiger partial charge in [0.1, 0.15) is 11.5 Å². The van der Waals surface area contributed by atoms with E-state index in [0.717, 1.165) is 35.8 Å². The van der Waals surface area contributed by atoms with E-state index in [2.05, 4.69) is 15.5 Å². The molecule has 136 valence electrons. The average Bonchev–Trinajstić information content (AvgIpc) is 2.93. The van der Waals surface area contributed by atoms with Crippen LogP contribution < -0.4 is 10.6 Å². The number of nitro groups is 1. The molecule has 0 aromatic carbocycles. The molecule has 0 fully saturated rings. The molecule has 1 heterocycles. The molecular weight excluding hydrogens is 332 g/mol. The zero-order chi connectivity index (χ0) is 17.8. The third kappa shape index (κ3) is 9.43. The van der Waals surface area contributed by atoms with Crippen LogP contribution in [-0.4, -0.2) is 56.5 Å². The van der Waals surface area contributed by atoms with E-state index in [1.807, 2.05) is 26.2 Å². The van der Waals surface area contributed by atoms with Gasteiger partial charge in [0.25, 0.3) is 6.20 Å². The largest absolute Gasteiger partial charge is 0.464 e. The maximum atomic E-state index is 10.6. The Bertz CT molecular complexity index is 519. The highest BCUT2D eigenvalue weighted by Crippen LogP contribution is 2.15. The van der Waals surface area contributed by atoms with Crippen LogP contribution in [0.5, 0.6) is 0 Å². The van der Waals surface area contributed by atoms with Gasteiger partial charge in [-0.2, -0.15) is 11.8 Å². The summed E-state index contributed by atoms with van der Waals surface area (Å²) in [5.41, 5.74) is 0. The first-order valence-corrected chi connectivity index (χ1v) is 8.78. The minimum Gasteiger partial charge on any atom is -0.464 e. The van der Waals surface area contributed by atoms with Crippen LogP contribution >= 0.6 is 11.8 Å². The number of nitrogens with one attached hydrogen (secondary N) is 2. The van der Waals surface area contributed by atoms with Crippen molar-refractivity contribution in [1.29, 1.82) is 0 Å². The molecule has 0 radical (unpaired) electrons. The number of ether oxygens (including phenoxy) is 1. The Morgan fingerprint density at radius 3 is 2.75 bits per heavy atom. The van der Waals surface area contributed by atoms with E-state index in [4.69, 9.17) is 9.15 Å². The number of methoxy groups -OCH3 is 1. The second-order valence-corrected chi connectivity index (χ2v) is 6.44. The summed E-state index contributed by atoms with van der Waals surface area (Å²) in [4.78, 5) is 12.2. The molecule has 0 unspecified atom stereocenters. The Morgan fingerprint density at radius 1 is 1.38 bits per heavy atom. The van der Waals surface area contributed by atoms with Gasteiger partial charge in [-0.05, 0) is 26.2 Å². The van der Waals surface area contributed by atoms with Gasteiger partial charge in [-0.25, -0.2) is 0 Å². The standard InChI is InChI=1S/C15H26N4O4S/c1-18(2)10-13-4-5-14(23-13)12-24-9-7-17-15(11-19(20)21)16-6-8-22-3/h4-5,11,16-17H,6-10,12H2,1-3H3/b15-11+. The fourth-order valence-corrected chi connectivity index (χ4v) is 2.62. The molecule has 0 aliphatic heterocycles.